The molecule has 51 heavy (non-hydrogen) atoms. The van der Waals surface area contributed by atoms with E-state index in [0.29, 0.717) is 5.82 Å². The second-order valence-electron chi connectivity index (χ2n) is 12.6. The molecule has 0 amide bonds. The van der Waals surface area contributed by atoms with E-state index < -0.39 is 5.41 Å². The van der Waals surface area contributed by atoms with Gasteiger partial charge >= 0.3 is 0 Å². The molecular weight excluding hydrogens is 627 g/mol. The molecule has 1 spiro atoms. The molecule has 0 fully saturated rings. The highest BCUT2D eigenvalue weighted by Gasteiger charge is 2.51. The summed E-state index contributed by atoms with van der Waals surface area (Å²) in [6.07, 6.45) is 3.57. The lowest BCUT2D eigenvalue weighted by Crippen LogP contribution is -2.39. The van der Waals surface area contributed by atoms with Crippen molar-refractivity contribution in [2.75, 3.05) is 4.90 Å². The molecule has 0 N–H and O–H groups in total. The number of hydrogen-bond donors (Lipinski definition) is 0. The van der Waals surface area contributed by atoms with Crippen molar-refractivity contribution in [1.82, 2.24) is 19.9 Å². The topological polar surface area (TPSA) is 64.0 Å². The summed E-state index contributed by atoms with van der Waals surface area (Å²) in [6, 6.07) is 56.4. The van der Waals surface area contributed by atoms with E-state index in [0.717, 1.165) is 68.0 Å². The van der Waals surface area contributed by atoms with Crippen molar-refractivity contribution in [2.45, 2.75) is 5.41 Å². The van der Waals surface area contributed by atoms with Gasteiger partial charge < -0.3 is 9.64 Å². The molecular formula is C45H29N5O. The van der Waals surface area contributed by atoms with E-state index in [1.165, 1.54) is 11.1 Å². The first-order chi connectivity index (χ1) is 25.3. The van der Waals surface area contributed by atoms with Gasteiger partial charge in [-0.1, -0.05) is 97.1 Å². The number of ether oxygens (including phenoxy) is 1. The molecule has 2 aliphatic rings. The number of rotatable bonds is 4. The minimum atomic E-state index is -0.619. The van der Waals surface area contributed by atoms with E-state index in [1.54, 1.807) is 12.4 Å². The fourth-order valence-electron chi connectivity index (χ4n) is 7.80. The van der Waals surface area contributed by atoms with Crippen LogP contribution in [-0.4, -0.2) is 19.9 Å². The number of para-hydroxylation sites is 5. The van der Waals surface area contributed by atoms with Gasteiger partial charge in [0.05, 0.1) is 45.3 Å². The summed E-state index contributed by atoms with van der Waals surface area (Å²) >= 11 is 0. The Morgan fingerprint density at radius 2 is 0.863 bits per heavy atom. The number of nitrogens with zero attached hydrogens (tertiary/aromatic N) is 5. The standard InChI is InChI=1S/C45H29N5O/c1-6-22-39(30(15-1)44-48-37(35-20-11-13-27-46-35)29-38(49-44)36-21-12-14-28-47-36)50-40-23-7-2-16-31(40)45(32-17-3-8-24-41(32)50)33-18-4-9-25-42(33)51-43-26-10-5-19-34(43)45/h1-29H. The number of aromatic nitrogens is 4. The fourth-order valence-corrected chi connectivity index (χ4v) is 7.80. The SMILES string of the molecule is c1ccc(-c2cc(-c3ccccn3)nc(-c3ccccc3N3c4ccccc4C4(c5ccccc5Oc5ccccc54)c4ccccc43)n2)nc1. The van der Waals surface area contributed by atoms with Gasteiger partial charge in [-0.25, -0.2) is 9.97 Å². The molecule has 0 saturated carbocycles. The molecule has 10 rings (SSSR count). The molecule has 0 bridgehead atoms. The average molecular weight is 656 g/mol. The summed E-state index contributed by atoms with van der Waals surface area (Å²) in [7, 11) is 0. The third-order valence-corrected chi connectivity index (χ3v) is 9.87. The molecule has 0 atom stereocenters. The minimum absolute atomic E-state index is 0.589. The molecule has 6 nitrogen and oxygen atoms in total. The predicted molar refractivity (Wildman–Crippen MR) is 201 cm³/mol. The summed E-state index contributed by atoms with van der Waals surface area (Å²) in [6.45, 7) is 0. The van der Waals surface area contributed by atoms with Crippen LogP contribution in [0.4, 0.5) is 17.1 Å². The van der Waals surface area contributed by atoms with Gasteiger partial charge in [0.25, 0.3) is 0 Å². The highest BCUT2D eigenvalue weighted by molar-refractivity contribution is 5.94. The Morgan fingerprint density at radius 1 is 0.412 bits per heavy atom. The first-order valence-electron chi connectivity index (χ1n) is 17.0. The lowest BCUT2D eigenvalue weighted by Gasteiger charge is -2.48. The van der Waals surface area contributed by atoms with Gasteiger partial charge in [0.1, 0.15) is 11.5 Å². The zero-order valence-corrected chi connectivity index (χ0v) is 27.4. The summed E-state index contributed by atoms with van der Waals surface area (Å²) < 4.78 is 6.58. The molecule has 5 aromatic carbocycles. The van der Waals surface area contributed by atoms with Crippen molar-refractivity contribution in [3.05, 3.63) is 198 Å². The third-order valence-electron chi connectivity index (χ3n) is 9.87. The average Bonchev–Trinajstić information content (AvgIpc) is 3.21. The van der Waals surface area contributed by atoms with Gasteiger partial charge in [-0.3, -0.25) is 9.97 Å². The van der Waals surface area contributed by atoms with Crippen molar-refractivity contribution in [3.63, 3.8) is 0 Å². The summed E-state index contributed by atoms with van der Waals surface area (Å²) in [5.41, 5.74) is 10.9. The van der Waals surface area contributed by atoms with Crippen LogP contribution in [0.3, 0.4) is 0 Å². The van der Waals surface area contributed by atoms with Gasteiger partial charge in [0, 0.05) is 29.1 Å². The monoisotopic (exact) mass is 655 g/mol. The molecule has 240 valence electrons. The van der Waals surface area contributed by atoms with Crippen molar-refractivity contribution in [1.29, 1.82) is 0 Å². The Hall–Kier alpha value is -6.92. The summed E-state index contributed by atoms with van der Waals surface area (Å²) in [4.78, 5) is 22.0. The van der Waals surface area contributed by atoms with Crippen LogP contribution >= 0.6 is 0 Å². The smallest absolute Gasteiger partial charge is 0.162 e. The zero-order chi connectivity index (χ0) is 33.8. The first-order valence-corrected chi connectivity index (χ1v) is 17.0. The zero-order valence-electron chi connectivity index (χ0n) is 27.4. The minimum Gasteiger partial charge on any atom is -0.457 e. The fraction of sp³-hybridized carbons (Fsp3) is 0.0222. The van der Waals surface area contributed by atoms with Crippen molar-refractivity contribution in [2.24, 2.45) is 0 Å². The van der Waals surface area contributed by atoms with Crippen LogP contribution in [0.5, 0.6) is 11.5 Å². The number of anilines is 3. The van der Waals surface area contributed by atoms with Gasteiger partial charge in [-0.2, -0.15) is 0 Å². The van der Waals surface area contributed by atoms with E-state index in [2.05, 4.69) is 118 Å². The van der Waals surface area contributed by atoms with Crippen molar-refractivity contribution < 1.29 is 4.74 Å². The van der Waals surface area contributed by atoms with E-state index >= 15 is 0 Å². The van der Waals surface area contributed by atoms with E-state index in [1.807, 2.05) is 60.7 Å². The molecule has 0 saturated heterocycles. The Morgan fingerprint density at radius 3 is 1.39 bits per heavy atom. The van der Waals surface area contributed by atoms with Gasteiger partial charge in [0.15, 0.2) is 5.82 Å². The molecule has 2 aliphatic heterocycles. The third kappa shape index (κ3) is 4.43. The molecule has 0 unspecified atom stereocenters. The maximum absolute atomic E-state index is 6.58. The van der Waals surface area contributed by atoms with Crippen LogP contribution in [0.25, 0.3) is 34.2 Å². The van der Waals surface area contributed by atoms with Gasteiger partial charge in [-0.15, -0.1) is 0 Å². The van der Waals surface area contributed by atoms with E-state index in [9.17, 15) is 0 Å². The number of hydrogen-bond acceptors (Lipinski definition) is 6. The van der Waals surface area contributed by atoms with Crippen LogP contribution < -0.4 is 9.64 Å². The lowest BCUT2D eigenvalue weighted by atomic mass is 9.61. The maximum Gasteiger partial charge on any atom is 0.162 e. The maximum atomic E-state index is 6.58. The number of fused-ring (bicyclic) bond motifs is 8. The second-order valence-corrected chi connectivity index (χ2v) is 12.6. The Labute approximate surface area is 295 Å². The van der Waals surface area contributed by atoms with Crippen LogP contribution in [0, 0.1) is 0 Å². The van der Waals surface area contributed by atoms with Crippen molar-refractivity contribution >= 4 is 17.1 Å². The van der Waals surface area contributed by atoms with Crippen LogP contribution in [0.1, 0.15) is 22.3 Å². The summed E-state index contributed by atoms with van der Waals surface area (Å²) in [5, 5.41) is 0. The van der Waals surface area contributed by atoms with Gasteiger partial charge in [-0.05, 0) is 77.9 Å². The highest BCUT2D eigenvalue weighted by atomic mass is 16.5. The Balaban J connectivity index is 1.25. The first kappa shape index (κ1) is 29.0. The largest absolute Gasteiger partial charge is 0.457 e. The number of benzene rings is 5. The predicted octanol–water partition coefficient (Wildman–Crippen LogP) is 10.5. The van der Waals surface area contributed by atoms with Crippen LogP contribution in [0.2, 0.25) is 0 Å². The lowest BCUT2D eigenvalue weighted by molar-refractivity contribution is 0.434. The quantitative estimate of drug-likeness (QED) is 0.188. The molecule has 6 heteroatoms. The Kier molecular flexibility index (Phi) is 6.61. The molecule has 3 aromatic heterocycles. The van der Waals surface area contributed by atoms with Crippen LogP contribution in [-0.2, 0) is 5.41 Å². The van der Waals surface area contributed by atoms with Crippen LogP contribution in [0.15, 0.2) is 176 Å². The van der Waals surface area contributed by atoms with E-state index in [-0.39, 0.29) is 0 Å². The van der Waals surface area contributed by atoms with E-state index in [4.69, 9.17) is 14.7 Å². The van der Waals surface area contributed by atoms with Crippen molar-refractivity contribution in [3.8, 4) is 45.7 Å². The molecule has 0 radical (unpaired) electrons. The highest BCUT2D eigenvalue weighted by Crippen LogP contribution is 2.63. The second kappa shape index (κ2) is 11.6. The summed E-state index contributed by atoms with van der Waals surface area (Å²) in [5.74, 6) is 2.30. The molecule has 8 aromatic rings. The van der Waals surface area contributed by atoms with Gasteiger partial charge in [0.2, 0.25) is 0 Å². The normalized spacial score (nSPS) is 13.4. The number of pyridine rings is 2. The Bertz CT molecular complexity index is 2440. The molecule has 0 aliphatic carbocycles. The molecule has 5 heterocycles.